The maximum Gasteiger partial charge on any atom is 0.328 e. The van der Waals surface area contributed by atoms with Crippen LogP contribution < -0.4 is 5.69 Å². The molecule has 7 heteroatoms. The minimum Gasteiger partial charge on any atom is -0.296 e. The first-order valence-electron chi connectivity index (χ1n) is 6.61. The first-order chi connectivity index (χ1) is 10.1. The van der Waals surface area contributed by atoms with Gasteiger partial charge in [0.1, 0.15) is 0 Å². The first-order valence-corrected chi connectivity index (χ1v) is 6.61. The lowest BCUT2D eigenvalue weighted by atomic mass is 10.1. The quantitative estimate of drug-likeness (QED) is 0.476. The molecule has 1 aromatic carbocycles. The number of hydrogen-bond donors (Lipinski definition) is 0. The second-order valence-corrected chi connectivity index (χ2v) is 5.08. The van der Waals surface area contributed by atoms with Crippen molar-refractivity contribution in [3.8, 4) is 0 Å². The van der Waals surface area contributed by atoms with Gasteiger partial charge in [-0.15, -0.1) is 0 Å². The molecule has 1 heterocycles. The van der Waals surface area contributed by atoms with E-state index in [2.05, 4.69) is 0 Å². The van der Waals surface area contributed by atoms with Crippen LogP contribution in [0.1, 0.15) is 29.2 Å². The van der Waals surface area contributed by atoms with Gasteiger partial charge >= 0.3 is 5.69 Å². The number of non-ortho nitro benzene ring substituents is 1. The SMILES string of the molecule is O=C(Cn1ccn(C2CC2)c1=O)c1cccc([N+](=O)[O-])c1. The number of hydrogen-bond acceptors (Lipinski definition) is 4. The Morgan fingerprint density at radius 3 is 2.76 bits per heavy atom. The third-order valence-electron chi connectivity index (χ3n) is 3.51. The molecule has 3 rings (SSSR count). The van der Waals surface area contributed by atoms with E-state index < -0.39 is 4.92 Å². The van der Waals surface area contributed by atoms with Crippen LogP contribution in [-0.4, -0.2) is 19.8 Å². The van der Waals surface area contributed by atoms with Crippen molar-refractivity contribution in [3.63, 3.8) is 0 Å². The fourth-order valence-electron chi connectivity index (χ4n) is 2.22. The predicted octanol–water partition coefficient (Wildman–Crippen LogP) is 1.78. The van der Waals surface area contributed by atoms with Gasteiger partial charge < -0.3 is 0 Å². The summed E-state index contributed by atoms with van der Waals surface area (Å²) in [6, 6.07) is 5.78. The smallest absolute Gasteiger partial charge is 0.296 e. The molecule has 0 unspecified atom stereocenters. The number of ketones is 1. The molecule has 1 aromatic heterocycles. The maximum absolute atomic E-state index is 12.1. The van der Waals surface area contributed by atoms with Gasteiger partial charge in [0.25, 0.3) is 5.69 Å². The van der Waals surface area contributed by atoms with Crippen molar-refractivity contribution >= 4 is 11.5 Å². The normalized spacial score (nSPS) is 14.1. The summed E-state index contributed by atoms with van der Waals surface area (Å²) in [6.45, 7) is -0.111. The van der Waals surface area contributed by atoms with Crippen LogP contribution in [0.3, 0.4) is 0 Å². The molecule has 0 N–H and O–H groups in total. The van der Waals surface area contributed by atoms with Crippen molar-refractivity contribution in [1.29, 1.82) is 0 Å². The molecule has 1 aliphatic rings. The number of nitro groups is 1. The van der Waals surface area contributed by atoms with E-state index in [-0.39, 0.29) is 35.3 Å². The third-order valence-corrected chi connectivity index (χ3v) is 3.51. The summed E-state index contributed by atoms with van der Waals surface area (Å²) in [5.74, 6) is -0.325. The lowest BCUT2D eigenvalue weighted by molar-refractivity contribution is -0.384. The summed E-state index contributed by atoms with van der Waals surface area (Å²) in [6.07, 6.45) is 5.24. The van der Waals surface area contributed by atoms with Gasteiger partial charge in [0.05, 0.1) is 11.5 Å². The van der Waals surface area contributed by atoms with Gasteiger partial charge in [-0.3, -0.25) is 24.0 Å². The van der Waals surface area contributed by atoms with Gasteiger partial charge in [0, 0.05) is 36.1 Å². The number of nitro benzene ring substituents is 1. The van der Waals surface area contributed by atoms with Crippen LogP contribution in [0.4, 0.5) is 5.69 Å². The Kier molecular flexibility index (Phi) is 3.17. The van der Waals surface area contributed by atoms with Crippen molar-refractivity contribution in [2.45, 2.75) is 25.4 Å². The number of imidazole rings is 1. The zero-order chi connectivity index (χ0) is 15.0. The minimum atomic E-state index is -0.549. The van der Waals surface area contributed by atoms with Crippen LogP contribution in [0.15, 0.2) is 41.5 Å². The fourth-order valence-corrected chi connectivity index (χ4v) is 2.22. The number of carbonyl (C=O) groups is 1. The van der Waals surface area contributed by atoms with Crippen molar-refractivity contribution in [2.75, 3.05) is 0 Å². The van der Waals surface area contributed by atoms with Gasteiger partial charge in [0.15, 0.2) is 5.78 Å². The van der Waals surface area contributed by atoms with E-state index in [0.717, 1.165) is 12.8 Å². The van der Waals surface area contributed by atoms with Crippen LogP contribution in [0.5, 0.6) is 0 Å². The molecule has 1 aliphatic carbocycles. The molecule has 1 saturated carbocycles. The number of Topliss-reactive ketones (excluding diaryl/α,β-unsaturated/α-hetero) is 1. The largest absolute Gasteiger partial charge is 0.328 e. The Balaban J connectivity index is 1.81. The van der Waals surface area contributed by atoms with E-state index in [1.165, 1.54) is 28.8 Å². The van der Waals surface area contributed by atoms with Gasteiger partial charge in [-0.1, -0.05) is 12.1 Å². The van der Waals surface area contributed by atoms with Crippen LogP contribution in [0.25, 0.3) is 0 Å². The lowest BCUT2D eigenvalue weighted by Crippen LogP contribution is -2.26. The van der Waals surface area contributed by atoms with Crippen molar-refractivity contribution in [2.24, 2.45) is 0 Å². The standard InChI is InChI=1S/C14H13N3O4/c18-13(10-2-1-3-12(8-10)17(20)21)9-15-6-7-16(14(15)19)11-4-5-11/h1-3,6-8,11H,4-5,9H2. The molecule has 0 spiro atoms. The number of nitrogens with zero attached hydrogens (tertiary/aromatic N) is 3. The maximum atomic E-state index is 12.1. The van der Waals surface area contributed by atoms with Gasteiger partial charge in [-0.2, -0.15) is 0 Å². The Bertz CT molecular complexity index is 771. The van der Waals surface area contributed by atoms with E-state index in [1.54, 1.807) is 17.0 Å². The molecule has 0 radical (unpaired) electrons. The van der Waals surface area contributed by atoms with Gasteiger partial charge in [-0.25, -0.2) is 4.79 Å². The Labute approximate surface area is 119 Å². The van der Waals surface area contributed by atoms with Crippen LogP contribution in [0, 0.1) is 10.1 Å². The molecular formula is C14H13N3O4. The van der Waals surface area contributed by atoms with Crippen molar-refractivity contribution in [3.05, 3.63) is 62.8 Å². The van der Waals surface area contributed by atoms with E-state index in [1.807, 2.05) is 0 Å². The topological polar surface area (TPSA) is 87.1 Å². The summed E-state index contributed by atoms with van der Waals surface area (Å²) in [7, 11) is 0. The van der Waals surface area contributed by atoms with E-state index in [0.29, 0.717) is 0 Å². The molecule has 1 fully saturated rings. The zero-order valence-electron chi connectivity index (χ0n) is 11.1. The monoisotopic (exact) mass is 287 g/mol. The van der Waals surface area contributed by atoms with E-state index in [9.17, 15) is 19.7 Å². The highest BCUT2D eigenvalue weighted by Gasteiger charge is 2.25. The Morgan fingerprint density at radius 1 is 1.33 bits per heavy atom. The molecule has 0 bridgehead atoms. The molecule has 0 atom stereocenters. The number of aromatic nitrogens is 2. The van der Waals surface area contributed by atoms with Gasteiger partial charge in [-0.05, 0) is 12.8 Å². The first kappa shape index (κ1) is 13.3. The average molecular weight is 287 g/mol. The molecule has 21 heavy (non-hydrogen) atoms. The molecule has 0 aliphatic heterocycles. The summed E-state index contributed by atoms with van der Waals surface area (Å²) >= 11 is 0. The fraction of sp³-hybridized carbons (Fsp3) is 0.286. The molecule has 0 saturated heterocycles. The summed E-state index contributed by atoms with van der Waals surface area (Å²) in [4.78, 5) is 34.4. The summed E-state index contributed by atoms with van der Waals surface area (Å²) in [5, 5.41) is 10.7. The molecule has 0 amide bonds. The van der Waals surface area contributed by atoms with Crippen molar-refractivity contribution < 1.29 is 9.72 Å². The second-order valence-electron chi connectivity index (χ2n) is 5.08. The predicted molar refractivity (Wildman–Crippen MR) is 74.4 cm³/mol. The van der Waals surface area contributed by atoms with Crippen LogP contribution in [-0.2, 0) is 6.54 Å². The number of rotatable bonds is 5. The zero-order valence-corrected chi connectivity index (χ0v) is 11.1. The third kappa shape index (κ3) is 2.62. The highest BCUT2D eigenvalue weighted by molar-refractivity contribution is 5.96. The van der Waals surface area contributed by atoms with E-state index >= 15 is 0 Å². The highest BCUT2D eigenvalue weighted by Crippen LogP contribution is 2.33. The molecule has 108 valence electrons. The molecule has 7 nitrogen and oxygen atoms in total. The molecular weight excluding hydrogens is 274 g/mol. The second kappa shape index (κ2) is 5.01. The van der Waals surface area contributed by atoms with E-state index in [4.69, 9.17) is 0 Å². The highest BCUT2D eigenvalue weighted by atomic mass is 16.6. The molecule has 2 aromatic rings. The summed E-state index contributed by atoms with van der Waals surface area (Å²) < 4.78 is 2.96. The summed E-state index contributed by atoms with van der Waals surface area (Å²) in [5.41, 5.74) is -0.115. The average Bonchev–Trinajstić information content (AvgIpc) is 3.25. The van der Waals surface area contributed by atoms with Crippen molar-refractivity contribution in [1.82, 2.24) is 9.13 Å². The Morgan fingerprint density at radius 2 is 2.10 bits per heavy atom. The lowest BCUT2D eigenvalue weighted by Gasteiger charge is -2.02. The van der Waals surface area contributed by atoms with Crippen LogP contribution in [0.2, 0.25) is 0 Å². The van der Waals surface area contributed by atoms with Gasteiger partial charge in [0.2, 0.25) is 0 Å². The minimum absolute atomic E-state index is 0.111. The Hall–Kier alpha value is -2.70. The number of benzene rings is 1. The number of carbonyl (C=O) groups excluding carboxylic acids is 1. The van der Waals surface area contributed by atoms with Crippen LogP contribution >= 0.6 is 0 Å².